The molecule has 30 heavy (non-hydrogen) atoms. The Balaban J connectivity index is 1.74. The van der Waals surface area contributed by atoms with Gasteiger partial charge in [0.2, 0.25) is 5.91 Å². The number of hydrogen-bond acceptors (Lipinski definition) is 3. The molecule has 3 rings (SSSR count). The number of benzene rings is 2. The van der Waals surface area contributed by atoms with Crippen molar-refractivity contribution < 1.29 is 19.5 Å². The van der Waals surface area contributed by atoms with E-state index in [1.54, 1.807) is 24.3 Å². The van der Waals surface area contributed by atoms with Crippen LogP contribution in [0.25, 0.3) is 0 Å². The maximum Gasteiger partial charge on any atom is 0.307 e. The second-order valence-corrected chi connectivity index (χ2v) is 8.10. The standard InChI is InChI=1S/C24H28N2O4/c1-15(2)16-11-13-17(14-12-16)25-23(28)20-9-5-6-10-21(20)26-22(27)18-7-3-4-8-19(18)24(29)30/h5-6,9-15,18-19H,3-4,7-8H2,1-2H3,(H,25,28)(H,26,27)(H,29,30)/t18-,19-/m1/s1. The molecule has 0 saturated heterocycles. The zero-order valence-electron chi connectivity index (χ0n) is 17.4. The molecule has 0 bridgehead atoms. The summed E-state index contributed by atoms with van der Waals surface area (Å²) >= 11 is 0. The van der Waals surface area contributed by atoms with Crippen LogP contribution in [0.5, 0.6) is 0 Å². The molecule has 3 N–H and O–H groups in total. The molecule has 2 amide bonds. The van der Waals surface area contributed by atoms with E-state index in [9.17, 15) is 19.5 Å². The van der Waals surface area contributed by atoms with E-state index in [-0.39, 0.29) is 11.8 Å². The molecule has 2 aromatic carbocycles. The van der Waals surface area contributed by atoms with Crippen molar-refractivity contribution in [3.8, 4) is 0 Å². The van der Waals surface area contributed by atoms with Crippen molar-refractivity contribution in [1.82, 2.24) is 0 Å². The molecule has 6 heteroatoms. The van der Waals surface area contributed by atoms with Gasteiger partial charge in [-0.1, -0.05) is 51.0 Å². The van der Waals surface area contributed by atoms with Gasteiger partial charge in [-0.3, -0.25) is 14.4 Å². The number of carbonyl (C=O) groups is 3. The highest BCUT2D eigenvalue weighted by molar-refractivity contribution is 6.10. The van der Waals surface area contributed by atoms with Crippen molar-refractivity contribution in [1.29, 1.82) is 0 Å². The van der Waals surface area contributed by atoms with Gasteiger partial charge < -0.3 is 15.7 Å². The van der Waals surface area contributed by atoms with Crippen LogP contribution in [0, 0.1) is 11.8 Å². The van der Waals surface area contributed by atoms with Gasteiger partial charge in [-0.05, 0) is 48.6 Å². The average Bonchev–Trinajstić information content (AvgIpc) is 2.74. The zero-order valence-corrected chi connectivity index (χ0v) is 17.4. The van der Waals surface area contributed by atoms with Crippen LogP contribution >= 0.6 is 0 Å². The molecular weight excluding hydrogens is 380 g/mol. The SMILES string of the molecule is CC(C)c1ccc(NC(=O)c2ccccc2NC(=O)[C@@H]2CCCC[C@H]2C(=O)O)cc1. The quantitative estimate of drug-likeness (QED) is 0.634. The Morgan fingerprint density at radius 2 is 1.53 bits per heavy atom. The number of para-hydroxylation sites is 1. The Morgan fingerprint density at radius 1 is 0.900 bits per heavy atom. The second kappa shape index (κ2) is 9.57. The molecule has 0 unspecified atom stereocenters. The van der Waals surface area contributed by atoms with Crippen LogP contribution in [0.2, 0.25) is 0 Å². The molecule has 6 nitrogen and oxygen atoms in total. The maximum absolute atomic E-state index is 12.8. The van der Waals surface area contributed by atoms with Crippen molar-refractivity contribution in [3.63, 3.8) is 0 Å². The molecule has 2 atom stereocenters. The monoisotopic (exact) mass is 408 g/mol. The normalized spacial score (nSPS) is 18.6. The van der Waals surface area contributed by atoms with Crippen molar-refractivity contribution in [2.24, 2.45) is 11.8 Å². The summed E-state index contributed by atoms with van der Waals surface area (Å²) < 4.78 is 0. The van der Waals surface area contributed by atoms with Crippen LogP contribution in [-0.4, -0.2) is 22.9 Å². The molecule has 1 saturated carbocycles. The Bertz CT molecular complexity index is 921. The van der Waals surface area contributed by atoms with E-state index in [0.717, 1.165) is 12.8 Å². The van der Waals surface area contributed by atoms with Crippen LogP contribution in [0.3, 0.4) is 0 Å². The van der Waals surface area contributed by atoms with E-state index in [2.05, 4.69) is 24.5 Å². The number of aliphatic carboxylic acids is 1. The number of carbonyl (C=O) groups excluding carboxylic acids is 2. The van der Waals surface area contributed by atoms with Gasteiger partial charge in [0, 0.05) is 5.69 Å². The highest BCUT2D eigenvalue weighted by atomic mass is 16.4. The van der Waals surface area contributed by atoms with Gasteiger partial charge >= 0.3 is 5.97 Å². The van der Waals surface area contributed by atoms with Gasteiger partial charge in [-0.25, -0.2) is 0 Å². The van der Waals surface area contributed by atoms with Crippen molar-refractivity contribution >= 4 is 29.2 Å². The molecule has 0 aliphatic heterocycles. The number of carboxylic acids is 1. The second-order valence-electron chi connectivity index (χ2n) is 8.10. The van der Waals surface area contributed by atoms with Crippen LogP contribution < -0.4 is 10.6 Å². The lowest BCUT2D eigenvalue weighted by atomic mass is 9.78. The fraction of sp³-hybridized carbons (Fsp3) is 0.375. The highest BCUT2D eigenvalue weighted by Gasteiger charge is 2.36. The number of hydrogen-bond donors (Lipinski definition) is 3. The van der Waals surface area contributed by atoms with Gasteiger partial charge in [0.25, 0.3) is 5.91 Å². The molecule has 158 valence electrons. The number of rotatable bonds is 6. The first kappa shape index (κ1) is 21.6. The number of anilines is 2. The van der Waals surface area contributed by atoms with E-state index in [1.807, 2.05) is 24.3 Å². The lowest BCUT2D eigenvalue weighted by molar-refractivity contribution is -0.147. The largest absolute Gasteiger partial charge is 0.481 e. The lowest BCUT2D eigenvalue weighted by Gasteiger charge is -2.27. The summed E-state index contributed by atoms with van der Waals surface area (Å²) in [6.45, 7) is 4.21. The van der Waals surface area contributed by atoms with Crippen LogP contribution in [0.4, 0.5) is 11.4 Å². The molecule has 0 heterocycles. The van der Waals surface area contributed by atoms with Crippen molar-refractivity contribution in [3.05, 3.63) is 59.7 Å². The summed E-state index contributed by atoms with van der Waals surface area (Å²) in [6, 6.07) is 14.4. The topological polar surface area (TPSA) is 95.5 Å². The molecule has 0 aromatic heterocycles. The Hall–Kier alpha value is -3.15. The van der Waals surface area contributed by atoms with Crippen LogP contribution in [0.1, 0.15) is 61.4 Å². The van der Waals surface area contributed by atoms with E-state index in [0.29, 0.717) is 35.7 Å². The molecule has 1 aliphatic rings. The lowest BCUT2D eigenvalue weighted by Crippen LogP contribution is -2.36. The first-order valence-electron chi connectivity index (χ1n) is 10.4. The van der Waals surface area contributed by atoms with Gasteiger partial charge in [0.1, 0.15) is 0 Å². The zero-order chi connectivity index (χ0) is 21.7. The number of nitrogens with one attached hydrogen (secondary N) is 2. The summed E-state index contributed by atoms with van der Waals surface area (Å²) in [5, 5.41) is 15.1. The third-order valence-corrected chi connectivity index (χ3v) is 5.68. The van der Waals surface area contributed by atoms with Crippen LogP contribution in [-0.2, 0) is 9.59 Å². The third kappa shape index (κ3) is 5.06. The number of carboxylic acid groups (broad SMARTS) is 1. The molecule has 0 spiro atoms. The van der Waals surface area contributed by atoms with Crippen LogP contribution in [0.15, 0.2) is 48.5 Å². The molecule has 1 fully saturated rings. The molecule has 0 radical (unpaired) electrons. The summed E-state index contributed by atoms with van der Waals surface area (Å²) in [4.78, 5) is 37.2. The highest BCUT2D eigenvalue weighted by Crippen LogP contribution is 2.31. The van der Waals surface area contributed by atoms with Gasteiger partial charge in [-0.15, -0.1) is 0 Å². The summed E-state index contributed by atoms with van der Waals surface area (Å²) in [5.41, 5.74) is 2.57. The van der Waals surface area contributed by atoms with Crippen molar-refractivity contribution in [2.45, 2.75) is 45.4 Å². The van der Waals surface area contributed by atoms with E-state index in [1.165, 1.54) is 5.56 Å². The summed E-state index contributed by atoms with van der Waals surface area (Å²) in [6.07, 6.45) is 2.69. The maximum atomic E-state index is 12.8. The van der Waals surface area contributed by atoms with Gasteiger partial charge in [0.15, 0.2) is 0 Å². The summed E-state index contributed by atoms with van der Waals surface area (Å²) in [5.74, 6) is -2.48. The fourth-order valence-corrected chi connectivity index (χ4v) is 3.91. The predicted molar refractivity (Wildman–Crippen MR) is 117 cm³/mol. The minimum absolute atomic E-state index is 0.332. The van der Waals surface area contributed by atoms with E-state index < -0.39 is 17.8 Å². The molecule has 1 aliphatic carbocycles. The molecular formula is C24H28N2O4. The van der Waals surface area contributed by atoms with E-state index >= 15 is 0 Å². The smallest absolute Gasteiger partial charge is 0.307 e. The first-order valence-corrected chi connectivity index (χ1v) is 10.4. The third-order valence-electron chi connectivity index (χ3n) is 5.68. The average molecular weight is 408 g/mol. The Labute approximate surface area is 176 Å². The van der Waals surface area contributed by atoms with Gasteiger partial charge in [0.05, 0.1) is 23.1 Å². The fourth-order valence-electron chi connectivity index (χ4n) is 3.91. The first-order chi connectivity index (χ1) is 14.4. The number of amides is 2. The predicted octanol–water partition coefficient (Wildman–Crippen LogP) is 4.89. The minimum Gasteiger partial charge on any atom is -0.481 e. The van der Waals surface area contributed by atoms with E-state index in [4.69, 9.17) is 0 Å². The van der Waals surface area contributed by atoms with Crippen molar-refractivity contribution in [2.75, 3.05) is 10.6 Å². The minimum atomic E-state index is -0.939. The Kier molecular flexibility index (Phi) is 6.87. The molecule has 2 aromatic rings. The Morgan fingerprint density at radius 3 is 2.17 bits per heavy atom. The van der Waals surface area contributed by atoms with Gasteiger partial charge in [-0.2, -0.15) is 0 Å². The summed E-state index contributed by atoms with van der Waals surface area (Å²) in [7, 11) is 0.